The predicted molar refractivity (Wildman–Crippen MR) is 105 cm³/mol. The molecular weight excluding hydrogens is 328 g/mol. The van der Waals surface area contributed by atoms with Crippen molar-refractivity contribution in [2.24, 2.45) is 0 Å². The van der Waals surface area contributed by atoms with Gasteiger partial charge in [-0.15, -0.1) is 5.10 Å². The minimum absolute atomic E-state index is 0.620. The van der Waals surface area contributed by atoms with Crippen molar-refractivity contribution >= 4 is 16.6 Å². The van der Waals surface area contributed by atoms with Crippen molar-refractivity contribution in [3.63, 3.8) is 0 Å². The van der Waals surface area contributed by atoms with E-state index in [-0.39, 0.29) is 0 Å². The number of hydrogen-bond acceptors (Lipinski definition) is 5. The van der Waals surface area contributed by atoms with Crippen LogP contribution in [0.2, 0.25) is 0 Å². The molecule has 6 heteroatoms. The summed E-state index contributed by atoms with van der Waals surface area (Å²) in [5.74, 6) is 1.68. The molecule has 0 aliphatic rings. The minimum atomic E-state index is 0.620. The van der Waals surface area contributed by atoms with Crippen LogP contribution >= 0.6 is 0 Å². The molecule has 0 saturated heterocycles. The summed E-state index contributed by atoms with van der Waals surface area (Å²) in [4.78, 5) is 0. The van der Waals surface area contributed by atoms with Crippen LogP contribution in [0.4, 0.5) is 5.82 Å². The molecule has 0 spiro atoms. The average molecular weight is 354 g/mol. The van der Waals surface area contributed by atoms with Crippen molar-refractivity contribution < 1.29 is 9.47 Å². The smallest absolute Gasteiger partial charge is 0.158 e. The van der Waals surface area contributed by atoms with Crippen molar-refractivity contribution in [2.75, 3.05) is 32.2 Å². The lowest BCUT2D eigenvalue weighted by molar-refractivity contribution is 0.210. The fourth-order valence-electron chi connectivity index (χ4n) is 3.44. The molecule has 2 heterocycles. The zero-order valence-corrected chi connectivity index (χ0v) is 16.1. The number of ether oxygens (including phenoxy) is 2. The number of aromatic nitrogens is 3. The van der Waals surface area contributed by atoms with Gasteiger partial charge in [-0.25, -0.2) is 0 Å². The van der Waals surface area contributed by atoms with Gasteiger partial charge in [0.2, 0.25) is 0 Å². The molecule has 0 saturated carbocycles. The quantitative estimate of drug-likeness (QED) is 0.654. The van der Waals surface area contributed by atoms with Crippen LogP contribution in [0.25, 0.3) is 16.5 Å². The minimum Gasteiger partial charge on any atom is -0.494 e. The maximum atomic E-state index is 5.56. The van der Waals surface area contributed by atoms with E-state index in [1.807, 2.05) is 26.0 Å². The summed E-state index contributed by atoms with van der Waals surface area (Å²) >= 11 is 0. The van der Waals surface area contributed by atoms with Gasteiger partial charge in [0, 0.05) is 41.5 Å². The SMILES string of the molecule is CCOc1ccc(-n2c(C)c3c(C)nnc(NCCOC)c3c2C)cc1. The van der Waals surface area contributed by atoms with Crippen LogP contribution in [0.1, 0.15) is 24.0 Å². The van der Waals surface area contributed by atoms with Crippen molar-refractivity contribution in [1.29, 1.82) is 0 Å². The van der Waals surface area contributed by atoms with Crippen LogP contribution < -0.4 is 10.1 Å². The first-order chi connectivity index (χ1) is 12.6. The highest BCUT2D eigenvalue weighted by molar-refractivity contribution is 5.98. The molecule has 0 aliphatic heterocycles. The van der Waals surface area contributed by atoms with E-state index >= 15 is 0 Å². The molecule has 26 heavy (non-hydrogen) atoms. The van der Waals surface area contributed by atoms with Gasteiger partial charge in [0.05, 0.1) is 18.9 Å². The molecular formula is C20H26N4O2. The third kappa shape index (κ3) is 3.24. The number of aryl methyl sites for hydroxylation is 3. The maximum absolute atomic E-state index is 5.56. The molecule has 6 nitrogen and oxygen atoms in total. The van der Waals surface area contributed by atoms with E-state index in [4.69, 9.17) is 9.47 Å². The van der Waals surface area contributed by atoms with Gasteiger partial charge in [0.25, 0.3) is 0 Å². The highest BCUT2D eigenvalue weighted by Crippen LogP contribution is 2.34. The van der Waals surface area contributed by atoms with E-state index in [2.05, 4.69) is 46.1 Å². The van der Waals surface area contributed by atoms with Crippen molar-refractivity contribution in [3.05, 3.63) is 41.3 Å². The molecule has 1 N–H and O–H groups in total. The number of fused-ring (bicyclic) bond motifs is 1. The Morgan fingerprint density at radius 3 is 2.35 bits per heavy atom. The van der Waals surface area contributed by atoms with E-state index in [9.17, 15) is 0 Å². The third-order valence-electron chi connectivity index (χ3n) is 4.55. The van der Waals surface area contributed by atoms with Crippen LogP contribution in [0, 0.1) is 20.8 Å². The first kappa shape index (κ1) is 18.2. The molecule has 3 rings (SSSR count). The van der Waals surface area contributed by atoms with E-state index in [1.165, 1.54) is 0 Å². The molecule has 0 amide bonds. The summed E-state index contributed by atoms with van der Waals surface area (Å²) in [5.41, 5.74) is 4.33. The lowest BCUT2D eigenvalue weighted by Gasteiger charge is -2.11. The van der Waals surface area contributed by atoms with Crippen LogP contribution in [-0.2, 0) is 4.74 Å². The Kier molecular flexibility index (Phi) is 5.42. The van der Waals surface area contributed by atoms with Gasteiger partial charge in [-0.3, -0.25) is 0 Å². The number of rotatable bonds is 7. The van der Waals surface area contributed by atoms with Crippen molar-refractivity contribution in [2.45, 2.75) is 27.7 Å². The Morgan fingerprint density at radius 2 is 1.69 bits per heavy atom. The largest absolute Gasteiger partial charge is 0.494 e. The Balaban J connectivity index is 2.11. The molecule has 0 aliphatic carbocycles. The first-order valence-corrected chi connectivity index (χ1v) is 8.89. The number of nitrogens with one attached hydrogen (secondary N) is 1. The number of hydrogen-bond donors (Lipinski definition) is 1. The molecule has 0 unspecified atom stereocenters. The average Bonchev–Trinajstić information content (AvgIpc) is 2.90. The molecule has 1 aromatic carbocycles. The lowest BCUT2D eigenvalue weighted by Crippen LogP contribution is -2.10. The molecule has 138 valence electrons. The van der Waals surface area contributed by atoms with Gasteiger partial charge in [-0.2, -0.15) is 5.10 Å². The van der Waals surface area contributed by atoms with Crippen LogP contribution in [-0.4, -0.2) is 41.6 Å². The molecule has 0 fully saturated rings. The normalized spacial score (nSPS) is 11.1. The maximum Gasteiger partial charge on any atom is 0.158 e. The Hall–Kier alpha value is -2.60. The van der Waals surface area contributed by atoms with Crippen LogP contribution in [0.15, 0.2) is 24.3 Å². The van der Waals surface area contributed by atoms with Gasteiger partial charge < -0.3 is 19.4 Å². The fraction of sp³-hybridized carbons (Fsp3) is 0.400. The second kappa shape index (κ2) is 7.74. The lowest BCUT2D eigenvalue weighted by atomic mass is 10.1. The molecule has 0 radical (unpaired) electrons. The van der Waals surface area contributed by atoms with Crippen molar-refractivity contribution in [1.82, 2.24) is 14.8 Å². The Morgan fingerprint density at radius 1 is 1.00 bits per heavy atom. The first-order valence-electron chi connectivity index (χ1n) is 8.89. The molecule has 2 aromatic heterocycles. The van der Waals surface area contributed by atoms with Gasteiger partial charge >= 0.3 is 0 Å². The van der Waals surface area contributed by atoms with E-state index in [0.29, 0.717) is 19.8 Å². The number of nitrogens with zero attached hydrogens (tertiary/aromatic N) is 3. The summed E-state index contributed by atoms with van der Waals surface area (Å²) in [7, 11) is 1.69. The highest BCUT2D eigenvalue weighted by Gasteiger charge is 2.19. The van der Waals surface area contributed by atoms with Gasteiger partial charge in [-0.1, -0.05) is 0 Å². The Labute approximate surface area is 154 Å². The summed E-state index contributed by atoms with van der Waals surface area (Å²) < 4.78 is 12.9. The zero-order chi connectivity index (χ0) is 18.7. The van der Waals surface area contributed by atoms with E-state index < -0.39 is 0 Å². The van der Waals surface area contributed by atoms with Crippen LogP contribution in [0.5, 0.6) is 5.75 Å². The van der Waals surface area contributed by atoms with Gasteiger partial charge in [0.15, 0.2) is 5.82 Å². The van der Waals surface area contributed by atoms with E-state index in [1.54, 1.807) is 7.11 Å². The number of anilines is 1. The van der Waals surface area contributed by atoms with Crippen molar-refractivity contribution in [3.8, 4) is 11.4 Å². The topological polar surface area (TPSA) is 61.2 Å². The summed E-state index contributed by atoms with van der Waals surface area (Å²) in [6, 6.07) is 8.17. The van der Waals surface area contributed by atoms with Gasteiger partial charge in [0.1, 0.15) is 5.75 Å². The van der Waals surface area contributed by atoms with Gasteiger partial charge in [-0.05, 0) is 52.0 Å². The standard InChI is InChI=1S/C20H26N4O2/c1-6-26-17-9-7-16(8-10-17)24-14(3)18-13(2)22-23-20(19(18)15(24)4)21-11-12-25-5/h7-10H,6,11-12H2,1-5H3,(H,21,23). The number of benzene rings is 1. The van der Waals surface area contributed by atoms with E-state index in [0.717, 1.165) is 45.1 Å². The zero-order valence-electron chi connectivity index (χ0n) is 16.1. The second-order valence-corrected chi connectivity index (χ2v) is 6.24. The summed E-state index contributed by atoms with van der Waals surface area (Å²) in [6.07, 6.45) is 0. The molecule has 0 atom stereocenters. The molecule has 0 bridgehead atoms. The monoisotopic (exact) mass is 354 g/mol. The molecule has 3 aromatic rings. The second-order valence-electron chi connectivity index (χ2n) is 6.24. The summed E-state index contributed by atoms with van der Waals surface area (Å²) in [5, 5.41) is 14.3. The summed E-state index contributed by atoms with van der Waals surface area (Å²) in [6.45, 7) is 10.2. The predicted octanol–water partition coefficient (Wildman–Crippen LogP) is 3.80. The number of methoxy groups -OCH3 is 1. The fourth-order valence-corrected chi connectivity index (χ4v) is 3.44. The van der Waals surface area contributed by atoms with Crippen LogP contribution in [0.3, 0.4) is 0 Å². The highest BCUT2D eigenvalue weighted by atomic mass is 16.5. The Bertz CT molecular complexity index is 901. The third-order valence-corrected chi connectivity index (χ3v) is 4.55.